The summed E-state index contributed by atoms with van der Waals surface area (Å²) in [5.74, 6) is 1.74. The van der Waals surface area contributed by atoms with Gasteiger partial charge in [-0.2, -0.15) is 5.26 Å². The zero-order chi connectivity index (χ0) is 12.3. The number of anilines is 1. The average Bonchev–Trinajstić information content (AvgIpc) is 2.73. The van der Waals surface area contributed by atoms with Gasteiger partial charge in [0.2, 0.25) is 0 Å². The highest BCUT2D eigenvalue weighted by Gasteiger charge is 2.04. The molecule has 0 spiro atoms. The Bertz CT molecular complexity index is 569. The molecule has 0 aliphatic heterocycles. The maximum atomic E-state index is 8.98. The summed E-state index contributed by atoms with van der Waals surface area (Å²) in [6.45, 7) is 2.47. The topological polar surface area (TPSA) is 49.0 Å². The lowest BCUT2D eigenvalue weighted by molar-refractivity contribution is 0.490. The second-order valence-corrected chi connectivity index (χ2v) is 4.58. The largest absolute Gasteiger partial charge is 0.465 e. The zero-order valence-electron chi connectivity index (χ0n) is 9.33. The quantitative estimate of drug-likeness (QED) is 0.934. The van der Waals surface area contributed by atoms with E-state index in [2.05, 4.69) is 27.3 Å². The van der Waals surface area contributed by atoms with Crippen molar-refractivity contribution in [3.8, 4) is 6.07 Å². The molecule has 0 unspecified atom stereocenters. The molecule has 0 aliphatic rings. The molecule has 0 amide bonds. The lowest BCUT2D eigenvalue weighted by Gasteiger charge is -2.06. The zero-order valence-corrected chi connectivity index (χ0v) is 10.9. The molecule has 0 bridgehead atoms. The summed E-state index contributed by atoms with van der Waals surface area (Å²) in [6, 6.07) is 11.5. The molecular weight excluding hydrogens is 280 g/mol. The molecule has 86 valence electrons. The molecule has 17 heavy (non-hydrogen) atoms. The number of furan rings is 1. The van der Waals surface area contributed by atoms with Crippen LogP contribution in [0.4, 0.5) is 5.69 Å². The van der Waals surface area contributed by atoms with Gasteiger partial charge in [0, 0.05) is 4.47 Å². The van der Waals surface area contributed by atoms with Gasteiger partial charge in [0.25, 0.3) is 0 Å². The maximum absolute atomic E-state index is 8.98. The van der Waals surface area contributed by atoms with E-state index in [-0.39, 0.29) is 0 Å². The van der Waals surface area contributed by atoms with Crippen molar-refractivity contribution in [3.63, 3.8) is 0 Å². The van der Waals surface area contributed by atoms with E-state index in [1.54, 1.807) is 6.07 Å². The monoisotopic (exact) mass is 290 g/mol. The second kappa shape index (κ2) is 5.07. The van der Waals surface area contributed by atoms with Crippen LogP contribution in [0.5, 0.6) is 0 Å². The highest BCUT2D eigenvalue weighted by atomic mass is 79.9. The van der Waals surface area contributed by atoms with Crippen LogP contribution in [0, 0.1) is 18.3 Å². The Labute approximate surface area is 108 Å². The standard InChI is InChI=1S/C13H11BrN2O/c1-9-2-5-12(17-9)8-16-13-6-11(14)4-3-10(13)7-15/h2-6,16H,8H2,1H3. The lowest BCUT2D eigenvalue weighted by Crippen LogP contribution is -2.00. The molecule has 1 heterocycles. The Kier molecular flexibility index (Phi) is 3.50. The third-order valence-electron chi connectivity index (χ3n) is 2.35. The third kappa shape index (κ3) is 2.89. The molecule has 1 N–H and O–H groups in total. The first-order valence-electron chi connectivity index (χ1n) is 5.18. The Hall–Kier alpha value is -1.73. The molecule has 2 aromatic rings. The molecule has 0 atom stereocenters. The van der Waals surface area contributed by atoms with Crippen molar-refractivity contribution in [2.45, 2.75) is 13.5 Å². The summed E-state index contributed by atoms with van der Waals surface area (Å²) in [6.07, 6.45) is 0. The number of benzene rings is 1. The molecule has 0 saturated heterocycles. The molecule has 0 fully saturated rings. The van der Waals surface area contributed by atoms with Gasteiger partial charge in [0.1, 0.15) is 17.6 Å². The highest BCUT2D eigenvalue weighted by molar-refractivity contribution is 9.10. The van der Waals surface area contributed by atoms with Crippen LogP contribution in [0.25, 0.3) is 0 Å². The molecular formula is C13H11BrN2O. The van der Waals surface area contributed by atoms with Crippen LogP contribution in [-0.2, 0) is 6.54 Å². The first-order chi connectivity index (χ1) is 8.19. The van der Waals surface area contributed by atoms with Crippen LogP contribution < -0.4 is 5.32 Å². The van der Waals surface area contributed by atoms with Crippen LogP contribution in [-0.4, -0.2) is 0 Å². The van der Waals surface area contributed by atoms with Crippen LogP contribution in [0.1, 0.15) is 17.1 Å². The van der Waals surface area contributed by atoms with E-state index in [0.717, 1.165) is 21.7 Å². The van der Waals surface area contributed by atoms with E-state index in [0.29, 0.717) is 12.1 Å². The Balaban J connectivity index is 2.13. The first kappa shape index (κ1) is 11.7. The SMILES string of the molecule is Cc1ccc(CNc2cc(Br)ccc2C#N)o1. The minimum atomic E-state index is 0.568. The molecule has 3 nitrogen and oxygen atoms in total. The van der Waals surface area contributed by atoms with Crippen molar-refractivity contribution in [1.29, 1.82) is 5.26 Å². The van der Waals surface area contributed by atoms with E-state index < -0.39 is 0 Å². The number of halogens is 1. The highest BCUT2D eigenvalue weighted by Crippen LogP contribution is 2.21. The van der Waals surface area contributed by atoms with Gasteiger partial charge < -0.3 is 9.73 Å². The summed E-state index contributed by atoms with van der Waals surface area (Å²) in [5.41, 5.74) is 1.42. The smallest absolute Gasteiger partial charge is 0.123 e. The van der Waals surface area contributed by atoms with E-state index in [1.807, 2.05) is 31.2 Å². The van der Waals surface area contributed by atoms with Crippen molar-refractivity contribution in [1.82, 2.24) is 0 Å². The third-order valence-corrected chi connectivity index (χ3v) is 2.84. The molecule has 0 saturated carbocycles. The second-order valence-electron chi connectivity index (χ2n) is 3.67. The fraction of sp³-hybridized carbons (Fsp3) is 0.154. The van der Waals surface area contributed by atoms with Crippen LogP contribution in [0.2, 0.25) is 0 Å². The van der Waals surface area contributed by atoms with Crippen molar-refractivity contribution >= 4 is 21.6 Å². The van der Waals surface area contributed by atoms with E-state index in [1.165, 1.54) is 0 Å². The van der Waals surface area contributed by atoms with Gasteiger partial charge in [-0.25, -0.2) is 0 Å². The summed E-state index contributed by atoms with van der Waals surface area (Å²) >= 11 is 3.38. The van der Waals surface area contributed by atoms with Gasteiger partial charge in [0.15, 0.2) is 0 Å². The fourth-order valence-electron chi connectivity index (χ4n) is 1.52. The summed E-state index contributed by atoms with van der Waals surface area (Å²) in [7, 11) is 0. The van der Waals surface area contributed by atoms with Gasteiger partial charge >= 0.3 is 0 Å². The van der Waals surface area contributed by atoms with E-state index in [9.17, 15) is 0 Å². The number of nitrogens with one attached hydrogen (secondary N) is 1. The predicted octanol–water partition coefficient (Wildman–Crippen LogP) is 3.83. The normalized spacial score (nSPS) is 9.94. The number of aryl methyl sites for hydroxylation is 1. The fourth-order valence-corrected chi connectivity index (χ4v) is 1.88. The number of nitriles is 1. The minimum Gasteiger partial charge on any atom is -0.465 e. The molecule has 1 aromatic heterocycles. The Morgan fingerprint density at radius 3 is 2.82 bits per heavy atom. The van der Waals surface area contributed by atoms with Crippen LogP contribution in [0.3, 0.4) is 0 Å². The molecule has 4 heteroatoms. The Morgan fingerprint density at radius 1 is 1.35 bits per heavy atom. The number of nitrogens with zero attached hydrogens (tertiary/aromatic N) is 1. The minimum absolute atomic E-state index is 0.568. The number of hydrogen-bond donors (Lipinski definition) is 1. The van der Waals surface area contributed by atoms with Crippen molar-refractivity contribution in [2.24, 2.45) is 0 Å². The summed E-state index contributed by atoms with van der Waals surface area (Å²) in [4.78, 5) is 0. The maximum Gasteiger partial charge on any atom is 0.123 e. The van der Waals surface area contributed by atoms with E-state index >= 15 is 0 Å². The van der Waals surface area contributed by atoms with Gasteiger partial charge in [-0.3, -0.25) is 0 Å². The van der Waals surface area contributed by atoms with Gasteiger partial charge in [-0.1, -0.05) is 15.9 Å². The van der Waals surface area contributed by atoms with Gasteiger partial charge in [-0.15, -0.1) is 0 Å². The number of rotatable bonds is 3. The van der Waals surface area contributed by atoms with Gasteiger partial charge in [-0.05, 0) is 37.3 Å². The van der Waals surface area contributed by atoms with Crippen molar-refractivity contribution < 1.29 is 4.42 Å². The predicted molar refractivity (Wildman–Crippen MR) is 69.6 cm³/mol. The molecule has 2 rings (SSSR count). The summed E-state index contributed by atoms with van der Waals surface area (Å²) in [5, 5.41) is 12.2. The first-order valence-corrected chi connectivity index (χ1v) is 5.97. The number of hydrogen-bond acceptors (Lipinski definition) is 3. The average molecular weight is 291 g/mol. The van der Waals surface area contributed by atoms with Crippen molar-refractivity contribution in [2.75, 3.05) is 5.32 Å². The van der Waals surface area contributed by atoms with E-state index in [4.69, 9.17) is 9.68 Å². The van der Waals surface area contributed by atoms with Crippen LogP contribution in [0.15, 0.2) is 39.2 Å². The molecule has 1 aromatic carbocycles. The van der Waals surface area contributed by atoms with Crippen molar-refractivity contribution in [3.05, 3.63) is 51.9 Å². The van der Waals surface area contributed by atoms with Gasteiger partial charge in [0.05, 0.1) is 17.8 Å². The Morgan fingerprint density at radius 2 is 2.18 bits per heavy atom. The molecule has 0 aliphatic carbocycles. The van der Waals surface area contributed by atoms with Crippen LogP contribution >= 0.6 is 15.9 Å². The lowest BCUT2D eigenvalue weighted by atomic mass is 10.2. The summed E-state index contributed by atoms with van der Waals surface area (Å²) < 4.78 is 6.39. The molecule has 0 radical (unpaired) electrons.